The Bertz CT molecular complexity index is 544. The summed E-state index contributed by atoms with van der Waals surface area (Å²) in [5.41, 5.74) is 0.647. The van der Waals surface area contributed by atoms with E-state index in [1.165, 1.54) is 11.8 Å². The van der Waals surface area contributed by atoms with Crippen molar-refractivity contribution in [3.63, 3.8) is 0 Å². The first-order valence-electron chi connectivity index (χ1n) is 6.86. The van der Waals surface area contributed by atoms with Gasteiger partial charge >= 0.3 is 5.97 Å². The van der Waals surface area contributed by atoms with Crippen molar-refractivity contribution in [2.45, 2.75) is 31.8 Å². The van der Waals surface area contributed by atoms with E-state index in [4.69, 9.17) is 0 Å². The lowest BCUT2D eigenvalue weighted by atomic mass is 10.0. The van der Waals surface area contributed by atoms with Crippen LogP contribution in [0.5, 0.6) is 0 Å². The van der Waals surface area contributed by atoms with Gasteiger partial charge in [0.05, 0.1) is 0 Å². The van der Waals surface area contributed by atoms with Crippen LogP contribution >= 0.6 is 0 Å². The predicted octanol–water partition coefficient (Wildman–Crippen LogP) is 0.939. The molecule has 0 radical (unpaired) electrons. The largest absolute Gasteiger partial charge is 0.480 e. The van der Waals surface area contributed by atoms with E-state index < -0.39 is 18.1 Å². The lowest BCUT2D eigenvalue weighted by Gasteiger charge is -2.27. The first kappa shape index (κ1) is 15.0. The Morgan fingerprint density at radius 3 is 2.52 bits per heavy atom. The summed E-state index contributed by atoms with van der Waals surface area (Å²) < 4.78 is 0. The monoisotopic (exact) mass is 290 g/mol. The number of hydrogen-bond acceptors (Lipinski definition) is 3. The van der Waals surface area contributed by atoms with Gasteiger partial charge in [-0.2, -0.15) is 0 Å². The maximum absolute atomic E-state index is 12.6. The van der Waals surface area contributed by atoms with Gasteiger partial charge in [-0.1, -0.05) is 30.3 Å². The highest BCUT2D eigenvalue weighted by molar-refractivity contribution is 5.91. The molecule has 1 aromatic carbocycles. The number of nitrogens with one attached hydrogen (secondary N) is 1. The van der Waals surface area contributed by atoms with E-state index in [0.29, 0.717) is 24.9 Å². The van der Waals surface area contributed by atoms with Crippen LogP contribution in [0.3, 0.4) is 0 Å². The molecule has 2 amide bonds. The Hall–Kier alpha value is -2.37. The van der Waals surface area contributed by atoms with Crippen LogP contribution < -0.4 is 5.32 Å². The molecule has 0 bridgehead atoms. The second kappa shape index (κ2) is 6.39. The highest BCUT2D eigenvalue weighted by Gasteiger charge is 2.37. The fraction of sp³-hybridized carbons (Fsp3) is 0.400. The van der Waals surface area contributed by atoms with Crippen molar-refractivity contribution < 1.29 is 19.5 Å². The minimum atomic E-state index is -1.00. The fourth-order valence-corrected chi connectivity index (χ4v) is 2.59. The highest BCUT2D eigenvalue weighted by Crippen LogP contribution is 2.23. The van der Waals surface area contributed by atoms with Crippen molar-refractivity contribution in [2.24, 2.45) is 0 Å². The molecular weight excluding hydrogens is 272 g/mol. The molecule has 0 aliphatic carbocycles. The first-order chi connectivity index (χ1) is 10.0. The van der Waals surface area contributed by atoms with Crippen LogP contribution in [0.4, 0.5) is 0 Å². The number of carbonyl (C=O) groups excluding carboxylic acids is 2. The quantitative estimate of drug-likeness (QED) is 0.864. The van der Waals surface area contributed by atoms with Crippen LogP contribution in [0.25, 0.3) is 0 Å². The average molecular weight is 290 g/mol. The molecule has 0 saturated carbocycles. The Morgan fingerprint density at radius 1 is 1.29 bits per heavy atom. The topological polar surface area (TPSA) is 86.7 Å². The van der Waals surface area contributed by atoms with E-state index in [1.54, 1.807) is 24.3 Å². The zero-order valence-electron chi connectivity index (χ0n) is 11.8. The summed E-state index contributed by atoms with van der Waals surface area (Å²) in [5, 5.41) is 11.8. The van der Waals surface area contributed by atoms with Gasteiger partial charge in [0.15, 0.2) is 0 Å². The van der Waals surface area contributed by atoms with Crippen molar-refractivity contribution in [1.82, 2.24) is 10.2 Å². The molecule has 0 aromatic heterocycles. The molecule has 1 unspecified atom stereocenters. The van der Waals surface area contributed by atoms with Gasteiger partial charge in [0.25, 0.3) is 5.91 Å². The molecule has 1 fully saturated rings. The zero-order chi connectivity index (χ0) is 15.4. The van der Waals surface area contributed by atoms with Gasteiger partial charge in [0, 0.05) is 13.5 Å². The molecule has 1 aliphatic rings. The van der Waals surface area contributed by atoms with Crippen LogP contribution in [0.2, 0.25) is 0 Å². The van der Waals surface area contributed by atoms with Gasteiger partial charge in [0.2, 0.25) is 5.91 Å². The van der Waals surface area contributed by atoms with Crippen molar-refractivity contribution in [3.05, 3.63) is 35.9 Å². The molecule has 6 nitrogen and oxygen atoms in total. The van der Waals surface area contributed by atoms with Crippen molar-refractivity contribution in [3.8, 4) is 0 Å². The van der Waals surface area contributed by atoms with Crippen LogP contribution in [0.1, 0.15) is 31.4 Å². The molecule has 1 heterocycles. The normalized spacial score (nSPS) is 19.1. The number of amides is 2. The molecular formula is C15H18N2O4. The second-order valence-electron chi connectivity index (χ2n) is 5.07. The van der Waals surface area contributed by atoms with Gasteiger partial charge in [-0.25, -0.2) is 4.79 Å². The third-order valence-electron chi connectivity index (χ3n) is 3.55. The number of carbonyl (C=O) groups is 3. The third kappa shape index (κ3) is 3.39. The van der Waals surface area contributed by atoms with Crippen LogP contribution in [-0.4, -0.2) is 40.4 Å². The number of likely N-dealkylation sites (tertiary alicyclic amines) is 1. The molecule has 21 heavy (non-hydrogen) atoms. The summed E-state index contributed by atoms with van der Waals surface area (Å²) in [7, 11) is 0. The number of nitrogens with zero attached hydrogens (tertiary/aromatic N) is 1. The number of carboxylic acids is 1. The van der Waals surface area contributed by atoms with E-state index in [-0.39, 0.29) is 11.8 Å². The molecule has 6 heteroatoms. The molecule has 1 aliphatic heterocycles. The zero-order valence-corrected chi connectivity index (χ0v) is 11.8. The maximum atomic E-state index is 12.6. The van der Waals surface area contributed by atoms with E-state index >= 15 is 0 Å². The van der Waals surface area contributed by atoms with Gasteiger partial charge in [-0.05, 0) is 18.4 Å². The number of aliphatic carboxylic acids is 1. The summed E-state index contributed by atoms with van der Waals surface area (Å²) in [4.78, 5) is 36.6. The van der Waals surface area contributed by atoms with Crippen molar-refractivity contribution >= 4 is 17.8 Å². The SMILES string of the molecule is CC(=O)NC(C(=O)N1CCC[C@H]1C(=O)O)c1ccccc1. The average Bonchev–Trinajstić information content (AvgIpc) is 2.94. The number of benzene rings is 1. The lowest BCUT2D eigenvalue weighted by molar-refractivity contribution is -0.149. The predicted molar refractivity (Wildman–Crippen MR) is 75.4 cm³/mol. The first-order valence-corrected chi connectivity index (χ1v) is 6.86. The van der Waals surface area contributed by atoms with Gasteiger partial charge in [-0.3, -0.25) is 9.59 Å². The van der Waals surface area contributed by atoms with Crippen LogP contribution in [0, 0.1) is 0 Å². The molecule has 2 N–H and O–H groups in total. The fourth-order valence-electron chi connectivity index (χ4n) is 2.59. The van der Waals surface area contributed by atoms with Crippen LogP contribution in [0.15, 0.2) is 30.3 Å². The summed E-state index contributed by atoms with van der Waals surface area (Å²) in [5.74, 6) is -1.71. The second-order valence-corrected chi connectivity index (χ2v) is 5.07. The molecule has 2 atom stereocenters. The van der Waals surface area contributed by atoms with E-state index in [1.807, 2.05) is 6.07 Å². The van der Waals surface area contributed by atoms with Gasteiger partial charge in [0.1, 0.15) is 12.1 Å². The van der Waals surface area contributed by atoms with Crippen molar-refractivity contribution in [1.29, 1.82) is 0 Å². The van der Waals surface area contributed by atoms with Crippen LogP contribution in [-0.2, 0) is 14.4 Å². The molecule has 1 saturated heterocycles. The summed E-state index contributed by atoms with van der Waals surface area (Å²) in [6.07, 6.45) is 1.10. The summed E-state index contributed by atoms with van der Waals surface area (Å²) >= 11 is 0. The highest BCUT2D eigenvalue weighted by atomic mass is 16.4. The van der Waals surface area contributed by atoms with E-state index in [0.717, 1.165) is 0 Å². The third-order valence-corrected chi connectivity index (χ3v) is 3.55. The maximum Gasteiger partial charge on any atom is 0.326 e. The van der Waals surface area contributed by atoms with Gasteiger partial charge < -0.3 is 15.3 Å². The summed E-state index contributed by atoms with van der Waals surface area (Å²) in [6.45, 7) is 1.74. The molecule has 1 aromatic rings. The number of carboxylic acid groups (broad SMARTS) is 1. The van der Waals surface area contributed by atoms with Gasteiger partial charge in [-0.15, -0.1) is 0 Å². The number of hydrogen-bond donors (Lipinski definition) is 2. The minimum Gasteiger partial charge on any atom is -0.480 e. The molecule has 112 valence electrons. The standard InChI is InChI=1S/C15H18N2O4/c1-10(18)16-13(11-6-3-2-4-7-11)14(19)17-9-5-8-12(17)15(20)21/h2-4,6-7,12-13H,5,8-9H2,1H3,(H,16,18)(H,20,21)/t12-,13?/m0/s1. The molecule has 0 spiro atoms. The Balaban J connectivity index is 2.26. The van der Waals surface area contributed by atoms with Crippen molar-refractivity contribution in [2.75, 3.05) is 6.54 Å². The summed E-state index contributed by atoms with van der Waals surface area (Å²) in [6, 6.07) is 7.19. The lowest BCUT2D eigenvalue weighted by Crippen LogP contribution is -2.47. The number of rotatable bonds is 4. The Labute approximate surface area is 122 Å². The minimum absolute atomic E-state index is 0.330. The van der Waals surface area contributed by atoms with E-state index in [9.17, 15) is 19.5 Å². The van der Waals surface area contributed by atoms with E-state index in [2.05, 4.69) is 5.32 Å². The molecule has 2 rings (SSSR count). The Kier molecular flexibility index (Phi) is 4.57. The smallest absolute Gasteiger partial charge is 0.326 e. The Morgan fingerprint density at radius 2 is 1.95 bits per heavy atom.